The Hall–Kier alpha value is -0.590. The maximum atomic E-state index is 12.0. The lowest BCUT2D eigenvalue weighted by atomic mass is 10.3. The Balaban J connectivity index is 2.78. The first-order valence-corrected chi connectivity index (χ1v) is 8.80. The molecular formula is C11H16ClNO3S2. The Morgan fingerprint density at radius 2 is 2.00 bits per heavy atom. The predicted molar refractivity (Wildman–Crippen MR) is 76.1 cm³/mol. The molecule has 0 radical (unpaired) electrons. The highest BCUT2D eigenvalue weighted by Crippen LogP contribution is 2.22. The van der Waals surface area contributed by atoms with Gasteiger partial charge >= 0.3 is 0 Å². The van der Waals surface area contributed by atoms with E-state index in [-0.39, 0.29) is 11.5 Å². The summed E-state index contributed by atoms with van der Waals surface area (Å²) in [5, 5.41) is -0.160. The SMILES string of the molecule is CC(C)S(=O)(=O)CCS(=O)c1ccc(N)cc1Cl. The third-order valence-corrected chi connectivity index (χ3v) is 6.79. The summed E-state index contributed by atoms with van der Waals surface area (Å²) >= 11 is 5.91. The molecule has 1 atom stereocenters. The number of rotatable bonds is 5. The van der Waals surface area contributed by atoms with Gasteiger partial charge in [-0.3, -0.25) is 4.21 Å². The van der Waals surface area contributed by atoms with Gasteiger partial charge in [-0.15, -0.1) is 0 Å². The number of benzene rings is 1. The molecule has 102 valence electrons. The Morgan fingerprint density at radius 1 is 1.39 bits per heavy atom. The molecule has 0 amide bonds. The van der Waals surface area contributed by atoms with Crippen LogP contribution in [0.3, 0.4) is 0 Å². The van der Waals surface area contributed by atoms with E-state index in [1.807, 2.05) is 0 Å². The molecule has 0 bridgehead atoms. The molecular weight excluding hydrogens is 294 g/mol. The van der Waals surface area contributed by atoms with Crippen LogP contribution < -0.4 is 5.73 Å². The van der Waals surface area contributed by atoms with E-state index in [2.05, 4.69) is 0 Å². The van der Waals surface area contributed by atoms with E-state index >= 15 is 0 Å². The number of nitrogens with two attached hydrogens (primary N) is 1. The molecule has 7 heteroatoms. The second-order valence-corrected chi connectivity index (χ2v) is 8.78. The van der Waals surface area contributed by atoms with Gasteiger partial charge in [0.05, 0.1) is 31.7 Å². The van der Waals surface area contributed by atoms with E-state index in [4.69, 9.17) is 17.3 Å². The largest absolute Gasteiger partial charge is 0.399 e. The van der Waals surface area contributed by atoms with Crippen LogP contribution in [-0.4, -0.2) is 29.4 Å². The quantitative estimate of drug-likeness (QED) is 0.842. The van der Waals surface area contributed by atoms with Crippen LogP contribution in [0.2, 0.25) is 5.02 Å². The van der Waals surface area contributed by atoms with E-state index in [0.717, 1.165) is 0 Å². The van der Waals surface area contributed by atoms with Crippen LogP contribution in [0.4, 0.5) is 5.69 Å². The molecule has 0 spiro atoms. The van der Waals surface area contributed by atoms with Crippen molar-refractivity contribution in [2.24, 2.45) is 0 Å². The molecule has 0 aromatic heterocycles. The van der Waals surface area contributed by atoms with Gasteiger partial charge in [0.25, 0.3) is 0 Å². The minimum Gasteiger partial charge on any atom is -0.399 e. The van der Waals surface area contributed by atoms with Gasteiger partial charge in [0.15, 0.2) is 9.84 Å². The summed E-state index contributed by atoms with van der Waals surface area (Å²) in [6, 6.07) is 4.66. The molecule has 0 aliphatic heterocycles. The van der Waals surface area contributed by atoms with Gasteiger partial charge in [-0.05, 0) is 32.0 Å². The van der Waals surface area contributed by atoms with Gasteiger partial charge in [-0.2, -0.15) is 0 Å². The van der Waals surface area contributed by atoms with E-state index in [1.54, 1.807) is 26.0 Å². The van der Waals surface area contributed by atoms with Crippen LogP contribution in [0.15, 0.2) is 23.1 Å². The summed E-state index contributed by atoms with van der Waals surface area (Å²) < 4.78 is 35.2. The van der Waals surface area contributed by atoms with Gasteiger partial charge in [-0.25, -0.2) is 8.42 Å². The van der Waals surface area contributed by atoms with Crippen molar-refractivity contribution in [2.45, 2.75) is 24.0 Å². The Morgan fingerprint density at radius 3 is 2.50 bits per heavy atom. The van der Waals surface area contributed by atoms with E-state index < -0.39 is 25.9 Å². The van der Waals surface area contributed by atoms with Crippen molar-refractivity contribution in [3.63, 3.8) is 0 Å². The van der Waals surface area contributed by atoms with Crippen molar-refractivity contribution in [1.29, 1.82) is 0 Å². The first-order valence-electron chi connectivity index (χ1n) is 5.39. The minimum absolute atomic E-state index is 0.0458. The van der Waals surface area contributed by atoms with Gasteiger partial charge in [-0.1, -0.05) is 11.6 Å². The standard InChI is InChI=1S/C11H16ClNO3S2/c1-8(2)18(15,16)6-5-17(14)11-4-3-9(13)7-10(11)12/h3-4,7-8H,5-6,13H2,1-2H3. The van der Waals surface area contributed by atoms with Gasteiger partial charge in [0.1, 0.15) is 0 Å². The van der Waals surface area contributed by atoms with E-state index in [0.29, 0.717) is 15.6 Å². The zero-order valence-corrected chi connectivity index (χ0v) is 12.6. The van der Waals surface area contributed by atoms with Crippen molar-refractivity contribution in [3.05, 3.63) is 23.2 Å². The second kappa shape index (κ2) is 6.04. The monoisotopic (exact) mass is 309 g/mol. The highest BCUT2D eigenvalue weighted by molar-refractivity contribution is 7.93. The molecule has 0 fully saturated rings. The number of hydrogen-bond donors (Lipinski definition) is 1. The normalized spacial score (nSPS) is 13.8. The highest BCUT2D eigenvalue weighted by Gasteiger charge is 2.18. The van der Waals surface area contributed by atoms with Gasteiger partial charge in [0, 0.05) is 11.4 Å². The van der Waals surface area contributed by atoms with Gasteiger partial charge in [0.2, 0.25) is 0 Å². The summed E-state index contributed by atoms with van der Waals surface area (Å²) in [7, 11) is -4.62. The molecule has 1 aromatic carbocycles. The Kier molecular flexibility index (Phi) is 5.19. The zero-order valence-electron chi connectivity index (χ0n) is 10.2. The molecule has 1 rings (SSSR count). The predicted octanol–water partition coefficient (Wildman–Crippen LogP) is 1.85. The maximum absolute atomic E-state index is 12.0. The average Bonchev–Trinajstić information content (AvgIpc) is 2.25. The number of halogens is 1. The summed E-state index contributed by atoms with van der Waals surface area (Å²) in [6.45, 7) is 3.21. The molecule has 2 N–H and O–H groups in total. The molecule has 0 heterocycles. The lowest BCUT2D eigenvalue weighted by Crippen LogP contribution is -2.21. The summed E-state index contributed by atoms with van der Waals surface area (Å²) in [4.78, 5) is 0.421. The van der Waals surface area contributed by atoms with Crippen LogP contribution >= 0.6 is 11.6 Å². The fraction of sp³-hybridized carbons (Fsp3) is 0.455. The van der Waals surface area contributed by atoms with Crippen molar-refractivity contribution in [2.75, 3.05) is 17.2 Å². The fourth-order valence-electron chi connectivity index (χ4n) is 1.24. The lowest BCUT2D eigenvalue weighted by molar-refractivity contribution is 0.588. The first-order chi connectivity index (χ1) is 8.24. The van der Waals surface area contributed by atoms with Crippen molar-refractivity contribution < 1.29 is 12.6 Å². The van der Waals surface area contributed by atoms with Crippen LogP contribution in [0.25, 0.3) is 0 Å². The zero-order chi connectivity index (χ0) is 13.9. The van der Waals surface area contributed by atoms with Crippen molar-refractivity contribution >= 4 is 37.9 Å². The second-order valence-electron chi connectivity index (χ2n) is 4.16. The van der Waals surface area contributed by atoms with Crippen molar-refractivity contribution in [1.82, 2.24) is 0 Å². The third kappa shape index (κ3) is 3.96. The lowest BCUT2D eigenvalue weighted by Gasteiger charge is -2.08. The smallest absolute Gasteiger partial charge is 0.153 e. The fourth-order valence-corrected chi connectivity index (χ4v) is 4.41. The number of anilines is 1. The van der Waals surface area contributed by atoms with Crippen molar-refractivity contribution in [3.8, 4) is 0 Å². The van der Waals surface area contributed by atoms with Crippen LogP contribution in [0.1, 0.15) is 13.8 Å². The summed E-state index contributed by atoms with van der Waals surface area (Å²) in [5.74, 6) is -0.0673. The van der Waals surface area contributed by atoms with E-state index in [1.165, 1.54) is 6.07 Å². The molecule has 4 nitrogen and oxygen atoms in total. The number of sulfone groups is 1. The molecule has 0 aliphatic carbocycles. The minimum atomic E-state index is -3.18. The molecule has 0 aliphatic rings. The average molecular weight is 310 g/mol. The van der Waals surface area contributed by atoms with E-state index in [9.17, 15) is 12.6 Å². The highest BCUT2D eigenvalue weighted by atomic mass is 35.5. The third-order valence-electron chi connectivity index (χ3n) is 2.47. The molecule has 18 heavy (non-hydrogen) atoms. The molecule has 1 unspecified atom stereocenters. The first kappa shape index (κ1) is 15.5. The summed E-state index contributed by atoms with van der Waals surface area (Å²) in [5.41, 5.74) is 6.01. The van der Waals surface area contributed by atoms with Crippen LogP contribution in [-0.2, 0) is 20.6 Å². The topological polar surface area (TPSA) is 77.2 Å². The van der Waals surface area contributed by atoms with Gasteiger partial charge < -0.3 is 5.73 Å². The van der Waals surface area contributed by atoms with Crippen LogP contribution in [0.5, 0.6) is 0 Å². The number of nitrogen functional groups attached to an aromatic ring is 1. The molecule has 1 aromatic rings. The molecule has 0 saturated heterocycles. The van der Waals surface area contributed by atoms with Crippen LogP contribution in [0, 0.1) is 0 Å². The Labute approximate surface area is 115 Å². The number of hydrogen-bond acceptors (Lipinski definition) is 4. The maximum Gasteiger partial charge on any atom is 0.153 e. The molecule has 0 saturated carbocycles. The Bertz CT molecular complexity index is 555. The summed E-state index contributed by atoms with van der Waals surface area (Å²) in [6.07, 6.45) is 0.